The second-order valence-corrected chi connectivity index (χ2v) is 6.04. The zero-order chi connectivity index (χ0) is 17.3. The highest BCUT2D eigenvalue weighted by Gasteiger charge is 2.31. The molecular weight excluding hydrogens is 317 g/mol. The van der Waals surface area contributed by atoms with Crippen LogP contribution in [0, 0.1) is 0 Å². The second-order valence-electron chi connectivity index (χ2n) is 6.04. The van der Waals surface area contributed by atoms with Gasteiger partial charge in [0.15, 0.2) is 0 Å². The maximum Gasteiger partial charge on any atom is 0.573 e. The Hall–Kier alpha value is -2.21. The number of alkyl halides is 3. The summed E-state index contributed by atoms with van der Waals surface area (Å²) in [6.07, 6.45) is -3.63. The number of benzene rings is 2. The number of likely N-dealkylation sites (N-methyl/N-ethyl adjacent to an activating group) is 1. The highest BCUT2D eigenvalue weighted by Crippen LogP contribution is 2.30. The van der Waals surface area contributed by atoms with Crippen LogP contribution in [0.1, 0.15) is 11.1 Å². The molecule has 0 amide bonds. The fourth-order valence-corrected chi connectivity index (χ4v) is 2.91. The molecule has 24 heavy (non-hydrogen) atoms. The normalized spacial score (nSPS) is 15.0. The van der Waals surface area contributed by atoms with E-state index in [2.05, 4.69) is 28.8 Å². The monoisotopic (exact) mass is 336 g/mol. The van der Waals surface area contributed by atoms with Crippen LogP contribution in [0.5, 0.6) is 5.75 Å². The first-order valence-corrected chi connectivity index (χ1v) is 7.72. The third-order valence-corrected chi connectivity index (χ3v) is 4.24. The molecule has 6 heteroatoms. The van der Waals surface area contributed by atoms with Crippen LogP contribution in [0.25, 0.3) is 0 Å². The Labute approximate surface area is 139 Å². The van der Waals surface area contributed by atoms with E-state index >= 15 is 0 Å². The fraction of sp³-hybridized carbons (Fsp3) is 0.333. The SMILES string of the molecule is CN1CCc2ccc(N(C)c3ccc(OC(F)(F)F)cc3)cc2C1. The summed E-state index contributed by atoms with van der Waals surface area (Å²) < 4.78 is 40.6. The number of hydrogen-bond donors (Lipinski definition) is 0. The van der Waals surface area contributed by atoms with E-state index in [1.807, 2.05) is 18.0 Å². The minimum atomic E-state index is -4.67. The average Bonchev–Trinajstić information content (AvgIpc) is 2.52. The molecule has 1 aliphatic rings. The van der Waals surface area contributed by atoms with Gasteiger partial charge in [0.05, 0.1) is 0 Å². The molecule has 2 aromatic rings. The average molecular weight is 336 g/mol. The molecule has 0 spiro atoms. The largest absolute Gasteiger partial charge is 0.573 e. The summed E-state index contributed by atoms with van der Waals surface area (Å²) in [5.74, 6) is -0.216. The number of ether oxygens (including phenoxy) is 1. The van der Waals surface area contributed by atoms with Gasteiger partial charge in [0, 0.05) is 31.5 Å². The van der Waals surface area contributed by atoms with Crippen LogP contribution in [0.3, 0.4) is 0 Å². The van der Waals surface area contributed by atoms with E-state index in [0.29, 0.717) is 0 Å². The second kappa shape index (κ2) is 6.36. The third kappa shape index (κ3) is 3.82. The van der Waals surface area contributed by atoms with E-state index in [4.69, 9.17) is 0 Å². The Morgan fingerprint density at radius 1 is 1.00 bits per heavy atom. The van der Waals surface area contributed by atoms with Crippen LogP contribution in [0.4, 0.5) is 24.5 Å². The van der Waals surface area contributed by atoms with Gasteiger partial charge in [-0.3, -0.25) is 0 Å². The molecule has 0 fully saturated rings. The molecule has 0 atom stereocenters. The number of halogens is 3. The molecule has 0 bridgehead atoms. The minimum absolute atomic E-state index is 0.216. The van der Waals surface area contributed by atoms with Crippen LogP contribution in [-0.4, -0.2) is 31.9 Å². The van der Waals surface area contributed by atoms with Crippen LogP contribution in [0.2, 0.25) is 0 Å². The van der Waals surface area contributed by atoms with E-state index in [1.165, 1.54) is 23.3 Å². The van der Waals surface area contributed by atoms with Gasteiger partial charge in [-0.05, 0) is 61.0 Å². The van der Waals surface area contributed by atoms with E-state index in [1.54, 1.807) is 12.1 Å². The van der Waals surface area contributed by atoms with Crippen LogP contribution < -0.4 is 9.64 Å². The van der Waals surface area contributed by atoms with Gasteiger partial charge in [0.25, 0.3) is 0 Å². The van der Waals surface area contributed by atoms with Crippen LogP contribution in [-0.2, 0) is 13.0 Å². The zero-order valence-corrected chi connectivity index (χ0v) is 13.6. The van der Waals surface area contributed by atoms with Crippen LogP contribution >= 0.6 is 0 Å². The molecule has 0 aromatic heterocycles. The summed E-state index contributed by atoms with van der Waals surface area (Å²) in [6, 6.07) is 12.2. The van der Waals surface area contributed by atoms with Gasteiger partial charge >= 0.3 is 6.36 Å². The molecule has 3 rings (SSSR count). The maximum atomic E-state index is 12.2. The molecule has 0 unspecified atom stereocenters. The molecule has 3 nitrogen and oxygen atoms in total. The molecule has 0 radical (unpaired) electrons. The summed E-state index contributed by atoms with van der Waals surface area (Å²) in [7, 11) is 3.99. The number of rotatable bonds is 3. The molecule has 0 saturated heterocycles. The van der Waals surface area contributed by atoms with E-state index < -0.39 is 6.36 Å². The van der Waals surface area contributed by atoms with Crippen molar-refractivity contribution in [2.24, 2.45) is 0 Å². The lowest BCUT2D eigenvalue weighted by Crippen LogP contribution is -2.26. The summed E-state index contributed by atoms with van der Waals surface area (Å²) in [5, 5.41) is 0. The summed E-state index contributed by atoms with van der Waals surface area (Å²) >= 11 is 0. The van der Waals surface area contributed by atoms with E-state index in [-0.39, 0.29) is 5.75 Å². The highest BCUT2D eigenvalue weighted by molar-refractivity contribution is 5.64. The Morgan fingerprint density at radius 3 is 2.33 bits per heavy atom. The predicted molar refractivity (Wildman–Crippen MR) is 87.7 cm³/mol. The number of nitrogens with zero attached hydrogens (tertiary/aromatic N) is 2. The van der Waals surface area contributed by atoms with Crippen molar-refractivity contribution < 1.29 is 17.9 Å². The van der Waals surface area contributed by atoms with Gasteiger partial charge in [-0.1, -0.05) is 6.07 Å². The fourth-order valence-electron chi connectivity index (χ4n) is 2.91. The quantitative estimate of drug-likeness (QED) is 0.829. The van der Waals surface area contributed by atoms with E-state index in [9.17, 15) is 13.2 Å². The van der Waals surface area contributed by atoms with Gasteiger partial charge in [0.2, 0.25) is 0 Å². The Balaban J connectivity index is 1.79. The Kier molecular flexibility index (Phi) is 4.41. The van der Waals surface area contributed by atoms with Gasteiger partial charge < -0.3 is 14.5 Å². The standard InChI is InChI=1S/C18H19F3N2O/c1-22-10-9-13-3-4-16(11-14(13)12-22)23(2)15-5-7-17(8-6-15)24-18(19,20)21/h3-8,11H,9-10,12H2,1-2H3. The van der Waals surface area contributed by atoms with E-state index in [0.717, 1.165) is 30.9 Å². The maximum absolute atomic E-state index is 12.2. The zero-order valence-electron chi connectivity index (χ0n) is 13.6. The van der Waals surface area contributed by atoms with Crippen molar-refractivity contribution in [3.63, 3.8) is 0 Å². The first-order chi connectivity index (χ1) is 11.3. The van der Waals surface area contributed by atoms with Crippen LogP contribution in [0.15, 0.2) is 42.5 Å². The minimum Gasteiger partial charge on any atom is -0.406 e. The highest BCUT2D eigenvalue weighted by atomic mass is 19.4. The van der Waals surface area contributed by atoms with Crippen molar-refractivity contribution in [1.82, 2.24) is 4.90 Å². The Morgan fingerprint density at radius 2 is 1.67 bits per heavy atom. The van der Waals surface area contributed by atoms with Gasteiger partial charge in [0.1, 0.15) is 5.75 Å². The number of hydrogen-bond acceptors (Lipinski definition) is 3. The van der Waals surface area contributed by atoms with Gasteiger partial charge in [-0.15, -0.1) is 13.2 Å². The topological polar surface area (TPSA) is 15.7 Å². The lowest BCUT2D eigenvalue weighted by atomic mass is 9.99. The number of anilines is 2. The molecule has 1 heterocycles. The number of fused-ring (bicyclic) bond motifs is 1. The van der Waals surface area contributed by atoms with Crippen molar-refractivity contribution in [2.75, 3.05) is 25.5 Å². The molecule has 128 valence electrons. The lowest BCUT2D eigenvalue weighted by Gasteiger charge is -2.27. The Bertz CT molecular complexity index is 713. The smallest absolute Gasteiger partial charge is 0.406 e. The molecule has 2 aromatic carbocycles. The third-order valence-electron chi connectivity index (χ3n) is 4.24. The predicted octanol–water partition coefficient (Wildman–Crippen LogP) is 4.34. The van der Waals surface area contributed by atoms with Crippen molar-refractivity contribution in [3.8, 4) is 5.75 Å². The van der Waals surface area contributed by atoms with Gasteiger partial charge in [-0.2, -0.15) is 0 Å². The molecule has 0 N–H and O–H groups in total. The molecule has 0 saturated carbocycles. The lowest BCUT2D eigenvalue weighted by molar-refractivity contribution is -0.274. The molecule has 0 aliphatic carbocycles. The van der Waals surface area contributed by atoms with Crippen molar-refractivity contribution in [2.45, 2.75) is 19.3 Å². The van der Waals surface area contributed by atoms with Crippen molar-refractivity contribution in [1.29, 1.82) is 0 Å². The van der Waals surface area contributed by atoms with Crippen molar-refractivity contribution >= 4 is 11.4 Å². The van der Waals surface area contributed by atoms with Gasteiger partial charge in [-0.25, -0.2) is 0 Å². The first kappa shape index (κ1) is 16.6. The summed E-state index contributed by atoms with van der Waals surface area (Å²) in [4.78, 5) is 4.22. The summed E-state index contributed by atoms with van der Waals surface area (Å²) in [6.45, 7) is 1.97. The van der Waals surface area contributed by atoms with Crippen molar-refractivity contribution in [3.05, 3.63) is 53.6 Å². The molecule has 1 aliphatic heterocycles. The first-order valence-electron chi connectivity index (χ1n) is 7.72. The summed E-state index contributed by atoms with van der Waals surface area (Å²) in [5.41, 5.74) is 4.46. The molecular formula is C18H19F3N2O.